The van der Waals surface area contributed by atoms with Crippen molar-refractivity contribution in [3.05, 3.63) is 18.2 Å². The quantitative estimate of drug-likeness (QED) is 0.706. The normalized spacial score (nSPS) is 27.9. The minimum absolute atomic E-state index is 0.133. The van der Waals surface area contributed by atoms with E-state index in [0.717, 1.165) is 25.1 Å². The lowest BCUT2D eigenvalue weighted by atomic mass is 9.94. The average molecular weight is 215 g/mol. The smallest absolute Gasteiger partial charge is 0.103 e. The van der Waals surface area contributed by atoms with Gasteiger partial charge in [-0.25, -0.2) is 4.98 Å². The van der Waals surface area contributed by atoms with Crippen LogP contribution in [0, 0.1) is 5.92 Å². The van der Waals surface area contributed by atoms with E-state index in [-0.39, 0.29) is 6.10 Å². The largest absolute Gasteiger partial charge is 0.372 e. The van der Waals surface area contributed by atoms with Crippen molar-refractivity contribution in [3.63, 3.8) is 0 Å². The first kappa shape index (κ1) is 9.99. The van der Waals surface area contributed by atoms with Gasteiger partial charge in [0.05, 0.1) is 18.2 Å². The number of hydrogen-bond acceptors (Lipinski definition) is 2. The standard InChI is InChI=1S/C10H15ClN2O/c1-13-7-12-6-9(13)10-8(5-11)3-2-4-14-10/h6-8,10H,2-5H2,1H3. The molecule has 0 radical (unpaired) electrons. The van der Waals surface area contributed by atoms with Crippen molar-refractivity contribution in [3.8, 4) is 0 Å². The van der Waals surface area contributed by atoms with Gasteiger partial charge in [-0.1, -0.05) is 0 Å². The van der Waals surface area contributed by atoms with Crippen LogP contribution in [0.25, 0.3) is 0 Å². The Kier molecular flexibility index (Phi) is 3.08. The summed E-state index contributed by atoms with van der Waals surface area (Å²) in [5.41, 5.74) is 1.13. The number of nitrogens with zero attached hydrogens (tertiary/aromatic N) is 2. The van der Waals surface area contributed by atoms with E-state index in [2.05, 4.69) is 4.98 Å². The van der Waals surface area contributed by atoms with Crippen LogP contribution in [0.1, 0.15) is 24.6 Å². The molecule has 1 aliphatic rings. The maximum atomic E-state index is 5.93. The maximum absolute atomic E-state index is 5.93. The summed E-state index contributed by atoms with van der Waals surface area (Å²) >= 11 is 5.93. The molecule has 2 atom stereocenters. The van der Waals surface area contributed by atoms with Crippen LogP contribution in [-0.4, -0.2) is 22.0 Å². The predicted octanol–water partition coefficient (Wildman–Crippen LogP) is 2.13. The van der Waals surface area contributed by atoms with Gasteiger partial charge < -0.3 is 9.30 Å². The van der Waals surface area contributed by atoms with Crippen LogP contribution >= 0.6 is 11.6 Å². The number of rotatable bonds is 2. The number of aromatic nitrogens is 2. The molecule has 0 aliphatic carbocycles. The van der Waals surface area contributed by atoms with Gasteiger partial charge in [0, 0.05) is 25.5 Å². The lowest BCUT2D eigenvalue weighted by Crippen LogP contribution is -2.25. The molecule has 3 nitrogen and oxygen atoms in total. The molecule has 1 saturated heterocycles. The zero-order valence-corrected chi connectivity index (χ0v) is 9.07. The first-order chi connectivity index (χ1) is 6.83. The zero-order chi connectivity index (χ0) is 9.97. The molecule has 0 N–H and O–H groups in total. The van der Waals surface area contributed by atoms with Crippen molar-refractivity contribution >= 4 is 11.6 Å². The van der Waals surface area contributed by atoms with Crippen molar-refractivity contribution in [1.82, 2.24) is 9.55 Å². The molecular weight excluding hydrogens is 200 g/mol. The third-order valence-electron chi connectivity index (χ3n) is 2.79. The van der Waals surface area contributed by atoms with Crippen molar-refractivity contribution in [2.45, 2.75) is 18.9 Å². The molecular formula is C10H15ClN2O. The molecule has 1 aromatic rings. The third kappa shape index (κ3) is 1.79. The van der Waals surface area contributed by atoms with Gasteiger partial charge in [0.15, 0.2) is 0 Å². The van der Waals surface area contributed by atoms with Crippen LogP contribution in [0.15, 0.2) is 12.5 Å². The van der Waals surface area contributed by atoms with E-state index in [9.17, 15) is 0 Å². The molecule has 4 heteroatoms. The van der Waals surface area contributed by atoms with Gasteiger partial charge in [-0.15, -0.1) is 11.6 Å². The first-order valence-corrected chi connectivity index (χ1v) is 5.50. The van der Waals surface area contributed by atoms with Crippen molar-refractivity contribution < 1.29 is 4.74 Å². The van der Waals surface area contributed by atoms with E-state index >= 15 is 0 Å². The molecule has 1 aromatic heterocycles. The second kappa shape index (κ2) is 4.32. The van der Waals surface area contributed by atoms with Crippen LogP contribution in [0.3, 0.4) is 0 Å². The van der Waals surface area contributed by atoms with Crippen LogP contribution in [0.5, 0.6) is 0 Å². The summed E-state index contributed by atoms with van der Waals surface area (Å²) in [5.74, 6) is 1.09. The second-order valence-corrected chi connectivity index (χ2v) is 4.09. The lowest BCUT2D eigenvalue weighted by Gasteiger charge is -2.30. The summed E-state index contributed by atoms with van der Waals surface area (Å²) < 4.78 is 7.77. The number of hydrogen-bond donors (Lipinski definition) is 0. The number of ether oxygens (including phenoxy) is 1. The topological polar surface area (TPSA) is 27.1 Å². The van der Waals surface area contributed by atoms with Crippen LogP contribution < -0.4 is 0 Å². The molecule has 2 heterocycles. The van der Waals surface area contributed by atoms with Gasteiger partial charge in [0.1, 0.15) is 6.10 Å². The summed E-state index contributed by atoms with van der Waals surface area (Å²) in [6.07, 6.45) is 6.08. The monoisotopic (exact) mass is 214 g/mol. The van der Waals surface area contributed by atoms with E-state index in [1.165, 1.54) is 0 Å². The van der Waals surface area contributed by atoms with Gasteiger partial charge >= 0.3 is 0 Å². The number of halogens is 1. The van der Waals surface area contributed by atoms with E-state index in [4.69, 9.17) is 16.3 Å². The highest BCUT2D eigenvalue weighted by Gasteiger charge is 2.28. The molecule has 1 aliphatic heterocycles. The average Bonchev–Trinajstić information content (AvgIpc) is 2.64. The molecule has 0 aromatic carbocycles. The minimum atomic E-state index is 0.133. The number of alkyl halides is 1. The van der Waals surface area contributed by atoms with Gasteiger partial charge in [-0.2, -0.15) is 0 Å². The molecule has 0 spiro atoms. The maximum Gasteiger partial charge on any atom is 0.103 e. The molecule has 2 rings (SSSR count). The summed E-state index contributed by atoms with van der Waals surface area (Å²) in [7, 11) is 1.99. The van der Waals surface area contributed by atoms with E-state index < -0.39 is 0 Å². The van der Waals surface area contributed by atoms with Crippen molar-refractivity contribution in [1.29, 1.82) is 0 Å². The molecule has 2 unspecified atom stereocenters. The summed E-state index contributed by atoms with van der Waals surface area (Å²) in [6.45, 7) is 0.837. The molecule has 0 bridgehead atoms. The Morgan fingerprint density at radius 2 is 2.57 bits per heavy atom. The first-order valence-electron chi connectivity index (χ1n) is 4.96. The predicted molar refractivity (Wildman–Crippen MR) is 55.3 cm³/mol. The highest BCUT2D eigenvalue weighted by atomic mass is 35.5. The molecule has 78 valence electrons. The molecule has 1 fully saturated rings. The highest BCUT2D eigenvalue weighted by Crippen LogP contribution is 2.33. The molecule has 14 heavy (non-hydrogen) atoms. The fraction of sp³-hybridized carbons (Fsp3) is 0.700. The zero-order valence-electron chi connectivity index (χ0n) is 8.32. The Bertz CT molecular complexity index is 300. The number of aryl methyl sites for hydroxylation is 1. The fourth-order valence-corrected chi connectivity index (χ4v) is 2.29. The van der Waals surface area contributed by atoms with Crippen LogP contribution in [0.2, 0.25) is 0 Å². The highest BCUT2D eigenvalue weighted by molar-refractivity contribution is 6.18. The summed E-state index contributed by atoms with van der Waals surface area (Å²) in [6, 6.07) is 0. The Morgan fingerprint density at radius 3 is 3.21 bits per heavy atom. The summed E-state index contributed by atoms with van der Waals surface area (Å²) in [5, 5.41) is 0. The van der Waals surface area contributed by atoms with Gasteiger partial charge in [-0.3, -0.25) is 0 Å². The van der Waals surface area contributed by atoms with Gasteiger partial charge in [-0.05, 0) is 12.8 Å². The van der Waals surface area contributed by atoms with Gasteiger partial charge in [0.25, 0.3) is 0 Å². The number of imidazole rings is 1. The second-order valence-electron chi connectivity index (χ2n) is 3.78. The van der Waals surface area contributed by atoms with Crippen molar-refractivity contribution in [2.24, 2.45) is 13.0 Å². The van der Waals surface area contributed by atoms with E-state index in [0.29, 0.717) is 11.8 Å². The Balaban J connectivity index is 2.19. The van der Waals surface area contributed by atoms with Gasteiger partial charge in [0.2, 0.25) is 0 Å². The molecule has 0 saturated carbocycles. The Labute approximate surface area is 89.0 Å². The van der Waals surface area contributed by atoms with E-state index in [1.54, 1.807) is 6.33 Å². The summed E-state index contributed by atoms with van der Waals surface area (Å²) in [4.78, 5) is 4.11. The molecule has 0 amide bonds. The SMILES string of the molecule is Cn1cncc1C1OCCCC1CCl. The van der Waals surface area contributed by atoms with Crippen LogP contribution in [-0.2, 0) is 11.8 Å². The Hall–Kier alpha value is -0.540. The third-order valence-corrected chi connectivity index (χ3v) is 3.18. The minimum Gasteiger partial charge on any atom is -0.372 e. The van der Waals surface area contributed by atoms with Crippen molar-refractivity contribution in [2.75, 3.05) is 12.5 Å². The van der Waals surface area contributed by atoms with E-state index in [1.807, 2.05) is 17.8 Å². The Morgan fingerprint density at radius 1 is 1.71 bits per heavy atom. The lowest BCUT2D eigenvalue weighted by molar-refractivity contribution is -0.0249. The fourth-order valence-electron chi connectivity index (χ4n) is 1.97. The van der Waals surface area contributed by atoms with Crippen LogP contribution in [0.4, 0.5) is 0 Å².